The van der Waals surface area contributed by atoms with Crippen LogP contribution in [0.1, 0.15) is 0 Å². The topological polar surface area (TPSA) is 26.5 Å². The Labute approximate surface area is 98.7 Å². The number of aromatic nitrogens is 1. The van der Waals surface area contributed by atoms with E-state index in [2.05, 4.69) is 21.0 Å². The van der Waals surface area contributed by atoms with E-state index in [4.69, 9.17) is 4.74 Å². The molecule has 0 bridgehead atoms. The number of hydrogen-bond donors (Lipinski definition) is 0. The van der Waals surface area contributed by atoms with Crippen LogP contribution < -0.4 is 9.54 Å². The summed E-state index contributed by atoms with van der Waals surface area (Å²) >= 11 is 1.64. The van der Waals surface area contributed by atoms with Gasteiger partial charge in [-0.3, -0.25) is 4.99 Å². The van der Waals surface area contributed by atoms with Crippen molar-refractivity contribution in [2.45, 2.75) is 0 Å². The third kappa shape index (κ3) is 1.88. The van der Waals surface area contributed by atoms with Crippen molar-refractivity contribution in [3.63, 3.8) is 0 Å². The Morgan fingerprint density at radius 3 is 2.81 bits per heavy atom. The molecule has 0 saturated heterocycles. The molecule has 0 saturated carbocycles. The molecule has 0 N–H and O–H groups in total. The average molecular weight is 234 g/mol. The molecule has 0 radical (unpaired) electrons. The van der Waals surface area contributed by atoms with Gasteiger partial charge in [-0.2, -0.15) is 0 Å². The van der Waals surface area contributed by atoms with Gasteiger partial charge in [0, 0.05) is 25.0 Å². The highest BCUT2D eigenvalue weighted by molar-refractivity contribution is 7.07. The van der Waals surface area contributed by atoms with Crippen LogP contribution in [0.2, 0.25) is 0 Å². The van der Waals surface area contributed by atoms with Crippen molar-refractivity contribution in [1.82, 2.24) is 4.57 Å². The number of methoxy groups -OCH3 is 1. The highest BCUT2D eigenvalue weighted by atomic mass is 32.1. The molecule has 0 aliphatic rings. The minimum Gasteiger partial charge on any atom is -0.497 e. The number of thiazole rings is 1. The van der Waals surface area contributed by atoms with Crippen LogP contribution in [0.25, 0.3) is 11.3 Å². The maximum Gasteiger partial charge on any atom is 0.184 e. The van der Waals surface area contributed by atoms with E-state index in [1.807, 2.05) is 25.2 Å². The predicted octanol–water partition coefficient (Wildman–Crippen LogP) is 2.29. The summed E-state index contributed by atoms with van der Waals surface area (Å²) in [5, 5.41) is 2.11. The number of nitrogens with zero attached hydrogens (tertiary/aromatic N) is 2. The first kappa shape index (κ1) is 11.0. The number of hydrogen-bond acceptors (Lipinski definition) is 3. The van der Waals surface area contributed by atoms with Gasteiger partial charge in [-0.15, -0.1) is 11.3 Å². The molecule has 0 unspecified atom stereocenters. The zero-order valence-corrected chi connectivity index (χ0v) is 10.4. The lowest BCUT2D eigenvalue weighted by atomic mass is 10.1. The number of benzene rings is 1. The molecular formula is C12H14N2OS. The molecule has 2 rings (SSSR count). The van der Waals surface area contributed by atoms with Gasteiger partial charge in [-0.25, -0.2) is 0 Å². The fourth-order valence-corrected chi connectivity index (χ4v) is 2.49. The third-order valence-electron chi connectivity index (χ3n) is 2.48. The Bertz CT molecular complexity index is 554. The van der Waals surface area contributed by atoms with Gasteiger partial charge in [-0.05, 0) is 12.1 Å². The standard InChI is InChI=1S/C12H14N2OS/c1-13-12-14(2)11(8-16-12)9-5-4-6-10(7-9)15-3/h4-8H,1-3H3. The predicted molar refractivity (Wildman–Crippen MR) is 66.8 cm³/mol. The van der Waals surface area contributed by atoms with E-state index in [0.717, 1.165) is 21.8 Å². The molecule has 0 aliphatic heterocycles. The molecule has 3 nitrogen and oxygen atoms in total. The Morgan fingerprint density at radius 1 is 1.38 bits per heavy atom. The summed E-state index contributed by atoms with van der Waals surface area (Å²) < 4.78 is 7.30. The number of rotatable bonds is 2. The van der Waals surface area contributed by atoms with Gasteiger partial charge in [0.1, 0.15) is 5.75 Å². The van der Waals surface area contributed by atoms with Gasteiger partial charge in [0.15, 0.2) is 4.80 Å². The lowest BCUT2D eigenvalue weighted by Crippen LogP contribution is -2.10. The van der Waals surface area contributed by atoms with E-state index in [1.54, 1.807) is 25.5 Å². The first-order chi connectivity index (χ1) is 7.76. The molecule has 1 heterocycles. The highest BCUT2D eigenvalue weighted by Gasteiger charge is 2.04. The van der Waals surface area contributed by atoms with E-state index in [9.17, 15) is 0 Å². The lowest BCUT2D eigenvalue weighted by Gasteiger charge is -2.05. The van der Waals surface area contributed by atoms with Crippen molar-refractivity contribution in [3.05, 3.63) is 34.4 Å². The Hall–Kier alpha value is -1.55. The van der Waals surface area contributed by atoms with Crippen molar-refractivity contribution in [3.8, 4) is 17.0 Å². The second-order valence-corrected chi connectivity index (χ2v) is 4.25. The second-order valence-electron chi connectivity index (χ2n) is 3.42. The van der Waals surface area contributed by atoms with Crippen LogP contribution in [0.15, 0.2) is 34.6 Å². The molecule has 0 atom stereocenters. The molecule has 16 heavy (non-hydrogen) atoms. The molecular weight excluding hydrogens is 220 g/mol. The van der Waals surface area contributed by atoms with E-state index in [1.165, 1.54) is 0 Å². The Morgan fingerprint density at radius 2 is 2.19 bits per heavy atom. The lowest BCUT2D eigenvalue weighted by molar-refractivity contribution is 0.415. The van der Waals surface area contributed by atoms with Crippen LogP contribution in [-0.2, 0) is 7.05 Å². The zero-order chi connectivity index (χ0) is 11.5. The summed E-state index contributed by atoms with van der Waals surface area (Å²) in [5.41, 5.74) is 2.30. The van der Waals surface area contributed by atoms with E-state index >= 15 is 0 Å². The van der Waals surface area contributed by atoms with E-state index < -0.39 is 0 Å². The average Bonchev–Trinajstić information content (AvgIpc) is 2.70. The molecule has 0 aliphatic carbocycles. The summed E-state index contributed by atoms with van der Waals surface area (Å²) in [5.74, 6) is 0.874. The van der Waals surface area contributed by atoms with E-state index in [-0.39, 0.29) is 0 Å². The van der Waals surface area contributed by atoms with Crippen LogP contribution in [0.3, 0.4) is 0 Å². The summed E-state index contributed by atoms with van der Waals surface area (Å²) in [6.07, 6.45) is 0. The molecule has 84 valence electrons. The first-order valence-electron chi connectivity index (χ1n) is 4.98. The van der Waals surface area contributed by atoms with Crippen molar-refractivity contribution in [2.75, 3.05) is 14.2 Å². The fourth-order valence-electron chi connectivity index (χ4n) is 1.62. The largest absolute Gasteiger partial charge is 0.497 e. The molecule has 2 aromatic rings. The monoisotopic (exact) mass is 234 g/mol. The molecule has 4 heteroatoms. The third-order valence-corrected chi connectivity index (χ3v) is 3.49. The maximum absolute atomic E-state index is 5.22. The quantitative estimate of drug-likeness (QED) is 0.783. The van der Waals surface area contributed by atoms with Crippen molar-refractivity contribution < 1.29 is 4.74 Å². The van der Waals surface area contributed by atoms with Gasteiger partial charge in [0.05, 0.1) is 12.8 Å². The highest BCUT2D eigenvalue weighted by Crippen LogP contribution is 2.23. The van der Waals surface area contributed by atoms with Crippen LogP contribution in [0.4, 0.5) is 0 Å². The summed E-state index contributed by atoms with van der Waals surface area (Å²) in [6.45, 7) is 0. The normalized spacial score (nSPS) is 11.8. The minimum absolute atomic E-state index is 0.874. The van der Waals surface area contributed by atoms with Crippen molar-refractivity contribution in [1.29, 1.82) is 0 Å². The van der Waals surface area contributed by atoms with E-state index in [0.29, 0.717) is 0 Å². The molecule has 0 amide bonds. The van der Waals surface area contributed by atoms with Crippen LogP contribution in [-0.4, -0.2) is 18.7 Å². The van der Waals surface area contributed by atoms with Crippen molar-refractivity contribution >= 4 is 11.3 Å². The fraction of sp³-hybridized carbons (Fsp3) is 0.250. The van der Waals surface area contributed by atoms with Gasteiger partial charge in [-0.1, -0.05) is 12.1 Å². The van der Waals surface area contributed by atoms with Crippen LogP contribution in [0, 0.1) is 0 Å². The maximum atomic E-state index is 5.22. The Balaban J connectivity index is 2.54. The minimum atomic E-state index is 0.874. The van der Waals surface area contributed by atoms with Gasteiger partial charge in [0.2, 0.25) is 0 Å². The summed E-state index contributed by atoms with van der Waals surface area (Å²) in [4.78, 5) is 5.22. The number of ether oxygens (including phenoxy) is 1. The smallest absolute Gasteiger partial charge is 0.184 e. The SMILES string of the molecule is CN=c1scc(-c2cccc(OC)c2)n1C. The van der Waals surface area contributed by atoms with Crippen LogP contribution >= 0.6 is 11.3 Å². The van der Waals surface area contributed by atoms with Crippen LogP contribution in [0.5, 0.6) is 5.75 Å². The second kappa shape index (κ2) is 4.53. The molecule has 0 spiro atoms. The van der Waals surface area contributed by atoms with Gasteiger partial charge in [0.25, 0.3) is 0 Å². The molecule has 1 aromatic carbocycles. The Kier molecular flexibility index (Phi) is 3.10. The molecule has 0 fully saturated rings. The van der Waals surface area contributed by atoms with Gasteiger partial charge >= 0.3 is 0 Å². The molecule has 1 aromatic heterocycles. The summed E-state index contributed by atoms with van der Waals surface area (Å²) in [6, 6.07) is 8.04. The van der Waals surface area contributed by atoms with Gasteiger partial charge < -0.3 is 9.30 Å². The zero-order valence-electron chi connectivity index (χ0n) is 9.60. The van der Waals surface area contributed by atoms with Crippen molar-refractivity contribution in [2.24, 2.45) is 12.0 Å². The first-order valence-corrected chi connectivity index (χ1v) is 5.86. The summed E-state index contributed by atoms with van der Waals surface area (Å²) in [7, 11) is 5.51.